The van der Waals surface area contributed by atoms with Crippen LogP contribution in [0.1, 0.15) is 23.7 Å². The van der Waals surface area contributed by atoms with Crippen molar-refractivity contribution in [1.29, 1.82) is 0 Å². The van der Waals surface area contributed by atoms with Gasteiger partial charge in [0.05, 0.1) is 13.7 Å². The fraction of sp³-hybridized carbons (Fsp3) is 0.286. The van der Waals surface area contributed by atoms with Crippen LogP contribution in [0.4, 0.5) is 0 Å². The van der Waals surface area contributed by atoms with E-state index in [0.717, 1.165) is 18.6 Å². The molecule has 5 heteroatoms. The van der Waals surface area contributed by atoms with Crippen molar-refractivity contribution in [1.82, 2.24) is 0 Å². The summed E-state index contributed by atoms with van der Waals surface area (Å²) in [7, 11) is 1.51. The van der Waals surface area contributed by atoms with Crippen molar-refractivity contribution in [3.05, 3.63) is 35.9 Å². The minimum atomic E-state index is -1.16. The van der Waals surface area contributed by atoms with Gasteiger partial charge in [0.1, 0.15) is 0 Å². The Kier molecular flexibility index (Phi) is 5.60. The van der Waals surface area contributed by atoms with Crippen molar-refractivity contribution in [2.24, 2.45) is 0 Å². The van der Waals surface area contributed by atoms with Crippen molar-refractivity contribution >= 4 is 11.8 Å². The molecule has 1 N–H and O–H groups in total. The van der Waals surface area contributed by atoms with E-state index < -0.39 is 11.8 Å². The summed E-state index contributed by atoms with van der Waals surface area (Å²) in [5.41, 5.74) is 0.351. The molecule has 0 saturated carbocycles. The maximum Gasteiger partial charge on any atom is 0.328 e. The molecule has 0 aromatic heterocycles. The molecule has 0 atom stereocenters. The van der Waals surface area contributed by atoms with Crippen LogP contribution in [0.15, 0.2) is 30.4 Å². The molecule has 0 saturated heterocycles. The topological polar surface area (TPSA) is 72.8 Å². The lowest BCUT2D eigenvalue weighted by molar-refractivity contribution is -0.131. The number of ether oxygens (including phenoxy) is 2. The zero-order chi connectivity index (χ0) is 14.3. The third-order valence-electron chi connectivity index (χ3n) is 2.29. The number of rotatable bonds is 7. The molecule has 0 heterocycles. The Labute approximate surface area is 111 Å². The van der Waals surface area contributed by atoms with Crippen molar-refractivity contribution in [2.75, 3.05) is 13.7 Å². The van der Waals surface area contributed by atoms with E-state index in [4.69, 9.17) is 14.6 Å². The third kappa shape index (κ3) is 4.46. The van der Waals surface area contributed by atoms with E-state index in [9.17, 15) is 9.59 Å². The molecule has 0 aliphatic carbocycles. The zero-order valence-corrected chi connectivity index (χ0v) is 10.9. The predicted octanol–water partition coefficient (Wildman–Crippen LogP) is 2.31. The number of methoxy groups -OCH3 is 1. The molecule has 0 aliphatic heterocycles. The maximum absolute atomic E-state index is 11.7. The molecule has 1 rings (SSSR count). The number of hydrogen-bond donors (Lipinski definition) is 1. The number of hydrogen-bond acceptors (Lipinski definition) is 4. The van der Waals surface area contributed by atoms with E-state index in [-0.39, 0.29) is 0 Å². The van der Waals surface area contributed by atoms with Crippen molar-refractivity contribution in [3.8, 4) is 11.5 Å². The molecular formula is C14H16O5. The minimum Gasteiger partial charge on any atom is -0.493 e. The average Bonchev–Trinajstić information content (AvgIpc) is 2.42. The summed E-state index contributed by atoms with van der Waals surface area (Å²) in [4.78, 5) is 22.1. The smallest absolute Gasteiger partial charge is 0.328 e. The number of carbonyl (C=O) groups excluding carboxylic acids is 1. The molecule has 0 bridgehead atoms. The highest BCUT2D eigenvalue weighted by atomic mass is 16.5. The summed E-state index contributed by atoms with van der Waals surface area (Å²) in [5, 5.41) is 8.48. The Hall–Kier alpha value is -2.30. The molecule has 0 unspecified atom stereocenters. The Morgan fingerprint density at radius 2 is 2.00 bits per heavy atom. The van der Waals surface area contributed by atoms with Gasteiger partial charge in [-0.15, -0.1) is 0 Å². The first-order chi connectivity index (χ1) is 9.08. The largest absolute Gasteiger partial charge is 0.493 e. The zero-order valence-electron chi connectivity index (χ0n) is 10.9. The van der Waals surface area contributed by atoms with E-state index in [1.807, 2.05) is 6.92 Å². The highest BCUT2D eigenvalue weighted by Crippen LogP contribution is 2.28. The Bertz CT molecular complexity index is 491. The van der Waals surface area contributed by atoms with Crippen LogP contribution in [0, 0.1) is 0 Å². The summed E-state index contributed by atoms with van der Waals surface area (Å²) >= 11 is 0. The van der Waals surface area contributed by atoms with Gasteiger partial charge in [0.15, 0.2) is 17.3 Å². The van der Waals surface area contributed by atoms with Gasteiger partial charge in [-0.1, -0.05) is 6.92 Å². The summed E-state index contributed by atoms with van der Waals surface area (Å²) < 4.78 is 10.6. The van der Waals surface area contributed by atoms with Crippen LogP contribution in [-0.4, -0.2) is 30.6 Å². The number of carboxylic acids is 1. The average molecular weight is 264 g/mol. The van der Waals surface area contributed by atoms with Gasteiger partial charge in [-0.3, -0.25) is 4.79 Å². The fourth-order valence-electron chi connectivity index (χ4n) is 1.40. The summed E-state index contributed by atoms with van der Waals surface area (Å²) in [6.07, 6.45) is 2.65. The van der Waals surface area contributed by atoms with Crippen LogP contribution in [-0.2, 0) is 4.79 Å². The molecular weight excluding hydrogens is 248 g/mol. The molecule has 0 amide bonds. The van der Waals surface area contributed by atoms with Gasteiger partial charge in [-0.05, 0) is 30.7 Å². The quantitative estimate of drug-likeness (QED) is 0.604. The van der Waals surface area contributed by atoms with E-state index >= 15 is 0 Å². The van der Waals surface area contributed by atoms with Crippen LogP contribution in [0.25, 0.3) is 0 Å². The van der Waals surface area contributed by atoms with E-state index in [1.165, 1.54) is 7.11 Å². The van der Waals surface area contributed by atoms with Crippen LogP contribution >= 0.6 is 0 Å². The van der Waals surface area contributed by atoms with Crippen LogP contribution in [0.2, 0.25) is 0 Å². The first-order valence-electron chi connectivity index (χ1n) is 5.84. The molecule has 1 aromatic carbocycles. The van der Waals surface area contributed by atoms with Gasteiger partial charge in [0.25, 0.3) is 0 Å². The second-order valence-electron chi connectivity index (χ2n) is 3.75. The van der Waals surface area contributed by atoms with Crippen molar-refractivity contribution < 1.29 is 24.2 Å². The summed E-state index contributed by atoms with van der Waals surface area (Å²) in [6.45, 7) is 2.48. The third-order valence-corrected chi connectivity index (χ3v) is 2.29. The second kappa shape index (κ2) is 7.20. The van der Waals surface area contributed by atoms with Gasteiger partial charge in [-0.25, -0.2) is 4.79 Å². The second-order valence-corrected chi connectivity index (χ2v) is 3.75. The van der Waals surface area contributed by atoms with E-state index in [0.29, 0.717) is 23.7 Å². The first-order valence-corrected chi connectivity index (χ1v) is 5.84. The number of carbonyl (C=O) groups is 2. The maximum atomic E-state index is 11.7. The molecule has 102 valence electrons. The lowest BCUT2D eigenvalue weighted by Crippen LogP contribution is -2.01. The molecule has 5 nitrogen and oxygen atoms in total. The molecule has 0 fully saturated rings. The number of aliphatic carboxylic acids is 1. The van der Waals surface area contributed by atoms with Crippen LogP contribution in [0.5, 0.6) is 11.5 Å². The van der Waals surface area contributed by atoms with E-state index in [1.54, 1.807) is 18.2 Å². The highest BCUT2D eigenvalue weighted by Gasteiger charge is 2.09. The predicted molar refractivity (Wildman–Crippen MR) is 69.9 cm³/mol. The van der Waals surface area contributed by atoms with Crippen molar-refractivity contribution in [2.45, 2.75) is 13.3 Å². The molecule has 19 heavy (non-hydrogen) atoms. The van der Waals surface area contributed by atoms with Crippen molar-refractivity contribution in [3.63, 3.8) is 0 Å². The fourth-order valence-corrected chi connectivity index (χ4v) is 1.40. The Balaban J connectivity index is 2.96. The normalized spacial score (nSPS) is 10.4. The Morgan fingerprint density at radius 3 is 2.58 bits per heavy atom. The first kappa shape index (κ1) is 14.8. The number of allylic oxidation sites excluding steroid dienone is 1. The van der Waals surface area contributed by atoms with Crippen LogP contribution in [0.3, 0.4) is 0 Å². The molecule has 0 aliphatic rings. The van der Waals surface area contributed by atoms with E-state index in [2.05, 4.69) is 0 Å². The molecule has 0 spiro atoms. The monoisotopic (exact) mass is 264 g/mol. The molecule has 1 aromatic rings. The lowest BCUT2D eigenvalue weighted by atomic mass is 10.1. The number of carboxylic acid groups (broad SMARTS) is 1. The highest BCUT2D eigenvalue weighted by molar-refractivity contribution is 6.07. The van der Waals surface area contributed by atoms with Gasteiger partial charge in [0, 0.05) is 11.6 Å². The number of benzene rings is 1. The SMILES string of the molecule is CCCOc1cc(C(=O)C=CC(=O)O)ccc1OC. The molecule has 0 radical (unpaired) electrons. The standard InChI is InChI=1S/C14H16O5/c1-3-8-19-13-9-10(4-6-12(13)18-2)11(15)5-7-14(16)17/h4-7,9H,3,8H2,1-2H3,(H,16,17). The van der Waals surface area contributed by atoms with Crippen LogP contribution < -0.4 is 9.47 Å². The lowest BCUT2D eigenvalue weighted by Gasteiger charge is -2.10. The summed E-state index contributed by atoms with van der Waals surface area (Å²) in [6, 6.07) is 4.72. The minimum absolute atomic E-state index is 0.351. The Morgan fingerprint density at radius 1 is 1.26 bits per heavy atom. The van der Waals surface area contributed by atoms with Gasteiger partial charge < -0.3 is 14.6 Å². The van der Waals surface area contributed by atoms with Gasteiger partial charge in [0.2, 0.25) is 0 Å². The number of ketones is 1. The van der Waals surface area contributed by atoms with Gasteiger partial charge >= 0.3 is 5.97 Å². The van der Waals surface area contributed by atoms with Gasteiger partial charge in [-0.2, -0.15) is 0 Å². The summed E-state index contributed by atoms with van der Waals surface area (Å²) in [5.74, 6) is -0.554.